The van der Waals surface area contributed by atoms with E-state index in [-0.39, 0.29) is 11.6 Å². The molecule has 11 heteroatoms. The molecule has 2 N–H and O–H groups in total. The Balaban J connectivity index is 1.46. The van der Waals surface area contributed by atoms with E-state index >= 15 is 0 Å². The van der Waals surface area contributed by atoms with Gasteiger partial charge in [0, 0.05) is 17.4 Å². The van der Waals surface area contributed by atoms with E-state index in [0.29, 0.717) is 23.1 Å². The van der Waals surface area contributed by atoms with Crippen LogP contribution < -0.4 is 10.0 Å². The Morgan fingerprint density at radius 1 is 1.00 bits per heavy atom. The fraction of sp³-hybridized carbons (Fsp3) is 0.0952. The Morgan fingerprint density at radius 2 is 1.75 bits per heavy atom. The first-order valence-corrected chi connectivity index (χ1v) is 10.9. The molecule has 164 valence electrons. The molecule has 0 aliphatic rings. The minimum atomic E-state index is -4.13. The fourth-order valence-electron chi connectivity index (χ4n) is 3.05. The van der Waals surface area contributed by atoms with Gasteiger partial charge in [-0.2, -0.15) is 0 Å². The van der Waals surface area contributed by atoms with Crippen molar-refractivity contribution in [2.75, 3.05) is 4.72 Å². The summed E-state index contributed by atoms with van der Waals surface area (Å²) < 4.78 is 55.2. The van der Waals surface area contributed by atoms with Crippen molar-refractivity contribution in [2.24, 2.45) is 0 Å². The molecule has 1 atom stereocenters. The Kier molecular flexibility index (Phi) is 5.57. The second-order valence-electron chi connectivity index (χ2n) is 6.94. The Bertz CT molecular complexity index is 1400. The van der Waals surface area contributed by atoms with Crippen molar-refractivity contribution < 1.29 is 22.0 Å². The molecule has 0 fully saturated rings. The second kappa shape index (κ2) is 8.35. The van der Waals surface area contributed by atoms with E-state index < -0.39 is 32.6 Å². The number of pyridine rings is 1. The van der Waals surface area contributed by atoms with Crippen molar-refractivity contribution >= 4 is 27.3 Å². The summed E-state index contributed by atoms with van der Waals surface area (Å²) in [5, 5.41) is 11.0. The molecule has 4 rings (SSSR count). The molecule has 8 nitrogen and oxygen atoms in total. The predicted molar refractivity (Wildman–Crippen MR) is 112 cm³/mol. The number of amides is 1. The molecular weight excluding hydrogens is 440 g/mol. The van der Waals surface area contributed by atoms with Crippen molar-refractivity contribution in [3.63, 3.8) is 0 Å². The normalized spacial score (nSPS) is 12.5. The van der Waals surface area contributed by atoms with Crippen LogP contribution in [0.4, 0.5) is 14.5 Å². The first-order chi connectivity index (χ1) is 15.2. The number of rotatable bonds is 6. The van der Waals surface area contributed by atoms with Crippen molar-refractivity contribution in [3.05, 3.63) is 89.9 Å². The maximum Gasteiger partial charge on any atom is 0.261 e. The van der Waals surface area contributed by atoms with Crippen LogP contribution in [0.15, 0.2) is 71.8 Å². The lowest BCUT2D eigenvalue weighted by atomic mass is 10.2. The number of carbonyl (C=O) groups is 1. The molecule has 0 aliphatic heterocycles. The molecule has 2 heterocycles. The number of fused-ring (bicyclic) bond motifs is 1. The topological polar surface area (TPSA) is 105 Å². The van der Waals surface area contributed by atoms with Gasteiger partial charge in [-0.1, -0.05) is 6.07 Å². The molecule has 4 aromatic rings. The highest BCUT2D eigenvalue weighted by Crippen LogP contribution is 2.19. The molecule has 0 aliphatic carbocycles. The van der Waals surface area contributed by atoms with Gasteiger partial charge in [0.2, 0.25) is 0 Å². The number of halogens is 2. The lowest BCUT2D eigenvalue weighted by Crippen LogP contribution is -2.28. The summed E-state index contributed by atoms with van der Waals surface area (Å²) in [7, 11) is -4.13. The van der Waals surface area contributed by atoms with E-state index in [1.54, 1.807) is 23.6 Å². The first-order valence-electron chi connectivity index (χ1n) is 9.43. The molecule has 0 radical (unpaired) electrons. The number of anilines is 1. The molecule has 0 spiro atoms. The average molecular weight is 457 g/mol. The van der Waals surface area contributed by atoms with Crippen LogP contribution in [0.25, 0.3) is 5.65 Å². The molecule has 2 aromatic carbocycles. The fourth-order valence-corrected chi connectivity index (χ4v) is 4.12. The number of sulfonamides is 1. The minimum absolute atomic E-state index is 0.155. The van der Waals surface area contributed by atoms with Gasteiger partial charge in [0.05, 0.1) is 10.9 Å². The average Bonchev–Trinajstić information content (AvgIpc) is 3.20. The van der Waals surface area contributed by atoms with Crippen LogP contribution in [-0.4, -0.2) is 28.9 Å². The van der Waals surface area contributed by atoms with E-state index in [1.165, 1.54) is 24.3 Å². The zero-order chi connectivity index (χ0) is 22.9. The highest BCUT2D eigenvalue weighted by Gasteiger charge is 2.19. The van der Waals surface area contributed by atoms with E-state index in [1.807, 2.05) is 12.1 Å². The molecule has 1 amide bonds. The third-order valence-corrected chi connectivity index (χ3v) is 6.05. The van der Waals surface area contributed by atoms with Gasteiger partial charge in [-0.05, 0) is 61.5 Å². The maximum atomic E-state index is 13.4. The molecule has 1 unspecified atom stereocenters. The number of benzene rings is 2. The van der Waals surface area contributed by atoms with Gasteiger partial charge in [-0.25, -0.2) is 17.2 Å². The maximum absolute atomic E-state index is 13.4. The molecule has 2 aromatic heterocycles. The number of carbonyl (C=O) groups excluding carboxylic acids is 1. The zero-order valence-corrected chi connectivity index (χ0v) is 17.5. The number of hydrogen-bond donors (Lipinski definition) is 2. The molecule has 0 saturated heterocycles. The van der Waals surface area contributed by atoms with Gasteiger partial charge < -0.3 is 5.32 Å². The largest absolute Gasteiger partial charge is 0.342 e. The predicted octanol–water partition coefficient (Wildman–Crippen LogP) is 3.30. The summed E-state index contributed by atoms with van der Waals surface area (Å²) in [6, 6.07) is 13.0. The van der Waals surface area contributed by atoms with Crippen molar-refractivity contribution in [1.82, 2.24) is 19.9 Å². The zero-order valence-electron chi connectivity index (χ0n) is 16.7. The van der Waals surface area contributed by atoms with Gasteiger partial charge in [0.1, 0.15) is 0 Å². The molecular formula is C21H17F2N5O3S. The SMILES string of the molecule is CC(NC(=O)c1ccc(NS(=O)(=O)c2ccc(F)c(F)c2)cc1)c1nnc2ccccn12. The third kappa shape index (κ3) is 4.28. The highest BCUT2D eigenvalue weighted by atomic mass is 32.2. The van der Waals surface area contributed by atoms with Gasteiger partial charge in [-0.3, -0.25) is 13.9 Å². The van der Waals surface area contributed by atoms with Gasteiger partial charge in [-0.15, -0.1) is 10.2 Å². The van der Waals surface area contributed by atoms with Gasteiger partial charge >= 0.3 is 0 Å². The third-order valence-electron chi connectivity index (χ3n) is 4.68. The van der Waals surface area contributed by atoms with Crippen LogP contribution in [-0.2, 0) is 10.0 Å². The first kappa shape index (κ1) is 21.4. The highest BCUT2D eigenvalue weighted by molar-refractivity contribution is 7.92. The number of nitrogens with one attached hydrogen (secondary N) is 2. The molecule has 0 bridgehead atoms. The van der Waals surface area contributed by atoms with E-state index in [4.69, 9.17) is 0 Å². The Hall–Kier alpha value is -3.86. The summed E-state index contributed by atoms with van der Waals surface area (Å²) in [6.07, 6.45) is 1.79. The van der Waals surface area contributed by atoms with E-state index in [0.717, 1.165) is 12.1 Å². The van der Waals surface area contributed by atoms with Gasteiger partial charge in [0.25, 0.3) is 15.9 Å². The van der Waals surface area contributed by atoms with Crippen LogP contribution in [0.5, 0.6) is 0 Å². The van der Waals surface area contributed by atoms with Crippen LogP contribution in [0.1, 0.15) is 29.1 Å². The number of nitrogens with zero attached hydrogens (tertiary/aromatic N) is 3. The lowest BCUT2D eigenvalue weighted by molar-refractivity contribution is 0.0938. The summed E-state index contributed by atoms with van der Waals surface area (Å²) >= 11 is 0. The Labute approximate surface area is 182 Å². The second-order valence-corrected chi connectivity index (χ2v) is 8.62. The smallest absolute Gasteiger partial charge is 0.261 e. The molecule has 32 heavy (non-hydrogen) atoms. The van der Waals surface area contributed by atoms with Crippen LogP contribution in [0.2, 0.25) is 0 Å². The van der Waals surface area contributed by atoms with E-state index in [2.05, 4.69) is 20.2 Å². The lowest BCUT2D eigenvalue weighted by Gasteiger charge is -2.13. The standard InChI is InChI=1S/C21H17F2N5O3S/c1-13(20-26-25-19-4-2-3-11-28(19)20)24-21(29)14-5-7-15(8-6-14)27-32(30,31)16-9-10-17(22)18(23)12-16/h2-13,27H,1H3,(H,24,29). The Morgan fingerprint density at radius 3 is 2.47 bits per heavy atom. The quantitative estimate of drug-likeness (QED) is 0.462. The van der Waals surface area contributed by atoms with Crippen LogP contribution in [0.3, 0.4) is 0 Å². The summed E-state index contributed by atoms with van der Waals surface area (Å²) in [5.41, 5.74) is 1.10. The van der Waals surface area contributed by atoms with Crippen LogP contribution >= 0.6 is 0 Å². The minimum Gasteiger partial charge on any atom is -0.342 e. The summed E-state index contributed by atoms with van der Waals surface area (Å²) in [4.78, 5) is 12.2. The summed E-state index contributed by atoms with van der Waals surface area (Å²) in [6.45, 7) is 1.77. The molecule has 0 saturated carbocycles. The monoisotopic (exact) mass is 457 g/mol. The number of hydrogen-bond acceptors (Lipinski definition) is 5. The summed E-state index contributed by atoms with van der Waals surface area (Å²) in [5.74, 6) is -2.24. The van der Waals surface area contributed by atoms with Crippen LogP contribution in [0, 0.1) is 11.6 Å². The van der Waals surface area contributed by atoms with Crippen molar-refractivity contribution in [2.45, 2.75) is 17.9 Å². The van der Waals surface area contributed by atoms with E-state index in [9.17, 15) is 22.0 Å². The number of aromatic nitrogens is 3. The van der Waals surface area contributed by atoms with Gasteiger partial charge in [0.15, 0.2) is 23.1 Å². The van der Waals surface area contributed by atoms with Crippen molar-refractivity contribution in [1.29, 1.82) is 0 Å². The van der Waals surface area contributed by atoms with Crippen molar-refractivity contribution in [3.8, 4) is 0 Å².